The van der Waals surface area contributed by atoms with Crippen molar-refractivity contribution in [3.05, 3.63) is 71.2 Å². The van der Waals surface area contributed by atoms with Crippen molar-refractivity contribution < 1.29 is 4.74 Å². The monoisotopic (exact) mass is 331 g/mol. The summed E-state index contributed by atoms with van der Waals surface area (Å²) in [6, 6.07) is 14.1. The van der Waals surface area contributed by atoms with Gasteiger partial charge in [0.05, 0.1) is 13.7 Å². The van der Waals surface area contributed by atoms with E-state index in [0.29, 0.717) is 17.5 Å². The third kappa shape index (κ3) is 3.24. The second-order valence-electron chi connectivity index (χ2n) is 6.67. The van der Waals surface area contributed by atoms with Crippen LogP contribution in [0.3, 0.4) is 0 Å². The number of aromatic amines is 1. The van der Waals surface area contributed by atoms with E-state index in [1.54, 1.807) is 7.11 Å². The van der Waals surface area contributed by atoms with Crippen molar-refractivity contribution in [3.63, 3.8) is 0 Å². The Morgan fingerprint density at radius 2 is 2.08 bits per heavy atom. The minimum absolute atomic E-state index is 0.595. The van der Waals surface area contributed by atoms with Crippen LogP contribution in [0.25, 0.3) is 15.7 Å². The molecule has 4 heteroatoms. The minimum atomic E-state index is 0.595. The molecule has 0 spiro atoms. The summed E-state index contributed by atoms with van der Waals surface area (Å²) in [6.07, 6.45) is 3.33. The van der Waals surface area contributed by atoms with E-state index in [4.69, 9.17) is 11.3 Å². The molecule has 2 unspecified atom stereocenters. The van der Waals surface area contributed by atoms with Crippen molar-refractivity contribution in [2.45, 2.75) is 18.9 Å². The molecule has 0 saturated heterocycles. The lowest BCUT2D eigenvalue weighted by Crippen LogP contribution is -2.16. The summed E-state index contributed by atoms with van der Waals surface area (Å²) in [7, 11) is 1.69. The normalized spacial score (nSPS) is 18.9. The number of fused-ring (bicyclic) bond motifs is 1. The van der Waals surface area contributed by atoms with E-state index in [1.807, 2.05) is 30.3 Å². The van der Waals surface area contributed by atoms with Crippen LogP contribution in [0.1, 0.15) is 23.5 Å². The van der Waals surface area contributed by atoms with Crippen LogP contribution < -0.4 is 10.1 Å². The summed E-state index contributed by atoms with van der Waals surface area (Å²) in [5.74, 6) is 2.16. The first-order valence-corrected chi connectivity index (χ1v) is 8.60. The Bertz CT molecular complexity index is 920. The smallest absolute Gasteiger partial charge is 0.187 e. The van der Waals surface area contributed by atoms with Gasteiger partial charge in [0, 0.05) is 18.3 Å². The van der Waals surface area contributed by atoms with Crippen molar-refractivity contribution in [1.29, 1.82) is 0 Å². The zero-order valence-electron chi connectivity index (χ0n) is 14.3. The lowest BCUT2D eigenvalue weighted by Gasteiger charge is -2.06. The number of benzene rings is 2. The maximum atomic E-state index is 7.20. The highest BCUT2D eigenvalue weighted by Crippen LogP contribution is 2.49. The fourth-order valence-electron chi connectivity index (χ4n) is 3.51. The molecule has 1 aromatic heterocycles. The van der Waals surface area contributed by atoms with Gasteiger partial charge in [0.25, 0.3) is 0 Å². The van der Waals surface area contributed by atoms with Crippen LogP contribution in [0.2, 0.25) is 0 Å². The Morgan fingerprint density at radius 1 is 1.24 bits per heavy atom. The SMILES string of the molecule is [C-]#[N+]c1ccc2[nH]cc(C3CC3CNCc3ccc(OC)cc3)c2c1. The van der Waals surface area contributed by atoms with E-state index < -0.39 is 0 Å². The fourth-order valence-corrected chi connectivity index (χ4v) is 3.51. The molecule has 2 N–H and O–H groups in total. The van der Waals surface area contributed by atoms with Crippen LogP contribution in [0.4, 0.5) is 5.69 Å². The number of nitrogens with zero attached hydrogens (tertiary/aromatic N) is 1. The largest absolute Gasteiger partial charge is 0.497 e. The molecular weight excluding hydrogens is 310 g/mol. The molecule has 0 amide bonds. The molecule has 1 aliphatic carbocycles. The molecule has 4 nitrogen and oxygen atoms in total. The van der Waals surface area contributed by atoms with E-state index in [2.05, 4.69) is 33.5 Å². The first kappa shape index (κ1) is 15.7. The summed E-state index contributed by atoms with van der Waals surface area (Å²) in [6.45, 7) is 9.10. The van der Waals surface area contributed by atoms with Crippen LogP contribution in [0.5, 0.6) is 5.75 Å². The first-order chi connectivity index (χ1) is 12.3. The Kier molecular flexibility index (Phi) is 4.17. The molecule has 126 valence electrons. The molecule has 2 atom stereocenters. The van der Waals surface area contributed by atoms with Crippen LogP contribution in [0, 0.1) is 12.5 Å². The van der Waals surface area contributed by atoms with Crippen LogP contribution >= 0.6 is 0 Å². The van der Waals surface area contributed by atoms with Gasteiger partial charge >= 0.3 is 0 Å². The molecule has 4 rings (SSSR count). The Morgan fingerprint density at radius 3 is 2.84 bits per heavy atom. The van der Waals surface area contributed by atoms with Crippen molar-refractivity contribution in [2.24, 2.45) is 5.92 Å². The van der Waals surface area contributed by atoms with Crippen molar-refractivity contribution in [3.8, 4) is 5.75 Å². The van der Waals surface area contributed by atoms with Gasteiger partial charge in [-0.2, -0.15) is 0 Å². The number of ether oxygens (including phenoxy) is 1. The maximum Gasteiger partial charge on any atom is 0.187 e. The van der Waals surface area contributed by atoms with Crippen molar-refractivity contribution in [1.82, 2.24) is 10.3 Å². The quantitative estimate of drug-likeness (QED) is 0.647. The molecular formula is C21H21N3O. The molecule has 2 aromatic carbocycles. The van der Waals surface area contributed by atoms with E-state index in [0.717, 1.165) is 24.4 Å². The van der Waals surface area contributed by atoms with E-state index in [1.165, 1.54) is 22.9 Å². The van der Waals surface area contributed by atoms with Gasteiger partial charge in [-0.15, -0.1) is 0 Å². The molecule has 3 aromatic rings. The highest BCUT2D eigenvalue weighted by atomic mass is 16.5. The van der Waals surface area contributed by atoms with E-state index in [-0.39, 0.29) is 0 Å². The number of nitrogens with one attached hydrogen (secondary N) is 2. The zero-order chi connectivity index (χ0) is 17.2. The first-order valence-electron chi connectivity index (χ1n) is 8.60. The fraction of sp³-hybridized carbons (Fsp3) is 0.286. The number of hydrogen-bond donors (Lipinski definition) is 2. The van der Waals surface area contributed by atoms with E-state index in [9.17, 15) is 0 Å². The number of rotatable bonds is 6. The third-order valence-electron chi connectivity index (χ3n) is 5.04. The predicted octanol–water partition coefficient (Wildman–Crippen LogP) is 4.62. The average molecular weight is 331 g/mol. The number of aromatic nitrogens is 1. The molecule has 0 radical (unpaired) electrons. The summed E-state index contributed by atoms with van der Waals surface area (Å²) in [5, 5.41) is 4.77. The van der Waals surface area contributed by atoms with E-state index >= 15 is 0 Å². The standard InChI is InChI=1S/C21H21N3O/c1-22-16-5-8-21-19(10-16)20(13-24-21)18-9-15(18)12-23-11-14-3-6-17(25-2)7-4-14/h3-8,10,13,15,18,23-24H,9,11-12H2,2H3. The topological polar surface area (TPSA) is 41.4 Å². The molecule has 1 fully saturated rings. The van der Waals surface area contributed by atoms with Gasteiger partial charge in [-0.1, -0.05) is 18.2 Å². The molecule has 0 bridgehead atoms. The van der Waals surface area contributed by atoms with Gasteiger partial charge in [0.15, 0.2) is 5.69 Å². The summed E-state index contributed by atoms with van der Waals surface area (Å²) in [5.41, 5.74) is 4.46. The number of H-pyrrole nitrogens is 1. The van der Waals surface area contributed by atoms with Crippen molar-refractivity contribution >= 4 is 16.6 Å². The molecule has 0 aliphatic heterocycles. The Hall–Kier alpha value is -2.77. The Balaban J connectivity index is 1.35. The lowest BCUT2D eigenvalue weighted by molar-refractivity contribution is 0.414. The van der Waals surface area contributed by atoms with Gasteiger partial charge in [-0.25, -0.2) is 4.85 Å². The highest BCUT2D eigenvalue weighted by Gasteiger charge is 2.39. The van der Waals surface area contributed by atoms with Crippen LogP contribution in [-0.2, 0) is 6.54 Å². The maximum absolute atomic E-state index is 7.20. The summed E-state index contributed by atoms with van der Waals surface area (Å²) >= 11 is 0. The summed E-state index contributed by atoms with van der Waals surface area (Å²) < 4.78 is 5.19. The molecule has 1 heterocycles. The number of methoxy groups -OCH3 is 1. The van der Waals surface area contributed by atoms with Gasteiger partial charge in [-0.3, -0.25) is 0 Å². The second kappa shape index (κ2) is 6.62. The molecule has 1 saturated carbocycles. The summed E-state index contributed by atoms with van der Waals surface area (Å²) in [4.78, 5) is 6.89. The van der Waals surface area contributed by atoms with Gasteiger partial charge in [-0.05, 0) is 65.6 Å². The Labute approximate surface area is 147 Å². The van der Waals surface area contributed by atoms with Gasteiger partial charge < -0.3 is 15.0 Å². The molecule has 25 heavy (non-hydrogen) atoms. The van der Waals surface area contributed by atoms with Gasteiger partial charge in [0.2, 0.25) is 0 Å². The third-order valence-corrected chi connectivity index (χ3v) is 5.04. The van der Waals surface area contributed by atoms with Crippen molar-refractivity contribution in [2.75, 3.05) is 13.7 Å². The minimum Gasteiger partial charge on any atom is -0.497 e. The molecule has 1 aliphatic rings. The lowest BCUT2D eigenvalue weighted by atomic mass is 10.1. The zero-order valence-corrected chi connectivity index (χ0v) is 14.3. The van der Waals surface area contributed by atoms with Gasteiger partial charge in [0.1, 0.15) is 5.75 Å². The van der Waals surface area contributed by atoms with Crippen LogP contribution in [-0.4, -0.2) is 18.6 Å². The number of hydrogen-bond acceptors (Lipinski definition) is 2. The predicted molar refractivity (Wildman–Crippen MR) is 100 cm³/mol. The van der Waals surface area contributed by atoms with Crippen LogP contribution in [0.15, 0.2) is 48.7 Å². The highest BCUT2D eigenvalue weighted by molar-refractivity contribution is 5.87. The second-order valence-corrected chi connectivity index (χ2v) is 6.67. The average Bonchev–Trinajstić information content (AvgIpc) is 3.30.